The molecule has 0 spiro atoms. The van der Waals surface area contributed by atoms with Crippen LogP contribution in [0.1, 0.15) is 38.2 Å². The van der Waals surface area contributed by atoms with Crippen molar-refractivity contribution in [1.82, 2.24) is 0 Å². The second-order valence-electron chi connectivity index (χ2n) is 6.37. The molecule has 0 heterocycles. The van der Waals surface area contributed by atoms with E-state index in [2.05, 4.69) is 21.2 Å². The Kier molecular flexibility index (Phi) is 8.64. The van der Waals surface area contributed by atoms with Crippen LogP contribution in [0.3, 0.4) is 0 Å². The van der Waals surface area contributed by atoms with E-state index in [1.54, 1.807) is 37.3 Å². The van der Waals surface area contributed by atoms with Crippen molar-refractivity contribution >= 4 is 68.3 Å². The first-order valence-corrected chi connectivity index (χ1v) is 10.7. The molecular formula is C20H19BrCl3NO4. The van der Waals surface area contributed by atoms with E-state index in [1.807, 2.05) is 6.92 Å². The largest absolute Gasteiger partial charge is 0.481 e. The van der Waals surface area contributed by atoms with Crippen LogP contribution in [0.5, 0.6) is 11.5 Å². The number of aliphatic carboxylic acids is 1. The number of carboxylic acid groups (broad SMARTS) is 1. The van der Waals surface area contributed by atoms with E-state index < -0.39 is 11.3 Å². The Hall–Kier alpha value is -1.47. The van der Waals surface area contributed by atoms with Gasteiger partial charge in [0.15, 0.2) is 5.75 Å². The molecule has 156 valence electrons. The molecule has 0 aliphatic heterocycles. The first-order valence-electron chi connectivity index (χ1n) is 8.75. The second-order valence-corrected chi connectivity index (χ2v) is 8.69. The highest BCUT2D eigenvalue weighted by molar-refractivity contribution is 9.10. The molecule has 0 bridgehead atoms. The quantitative estimate of drug-likeness (QED) is 0.363. The summed E-state index contributed by atoms with van der Waals surface area (Å²) in [5, 5.41) is 11.7. The molecule has 29 heavy (non-hydrogen) atoms. The molecule has 2 aromatic carbocycles. The maximum absolute atomic E-state index is 11.7. The normalized spacial score (nSPS) is 12.9. The number of carboxylic acids is 1. The molecule has 1 amide bonds. The Balaban J connectivity index is 2.25. The molecule has 2 unspecified atom stereocenters. The van der Waals surface area contributed by atoms with Gasteiger partial charge in [0.2, 0.25) is 5.91 Å². The lowest BCUT2D eigenvalue weighted by molar-refractivity contribution is -0.137. The van der Waals surface area contributed by atoms with Crippen LogP contribution >= 0.6 is 50.7 Å². The van der Waals surface area contributed by atoms with Crippen LogP contribution in [-0.2, 0) is 9.59 Å². The van der Waals surface area contributed by atoms with E-state index >= 15 is 0 Å². The van der Waals surface area contributed by atoms with Crippen molar-refractivity contribution in [2.75, 3.05) is 5.32 Å². The molecule has 0 fully saturated rings. The minimum Gasteiger partial charge on any atom is -0.481 e. The predicted octanol–water partition coefficient (Wildman–Crippen LogP) is 7.08. The summed E-state index contributed by atoms with van der Waals surface area (Å²) in [4.78, 5) is 22.8. The molecular weight excluding hydrogens is 504 g/mol. The van der Waals surface area contributed by atoms with E-state index in [0.29, 0.717) is 22.3 Å². The SMILES string of the molecule is CCC(CC(=O)O)c1cc(Cl)c(Oc2ccc(NC(=O)C(C)Cl)c(Br)c2)c(Cl)c1. The van der Waals surface area contributed by atoms with Gasteiger partial charge in [-0.2, -0.15) is 0 Å². The van der Waals surface area contributed by atoms with Gasteiger partial charge in [0, 0.05) is 4.47 Å². The van der Waals surface area contributed by atoms with Crippen LogP contribution in [0, 0.1) is 0 Å². The molecule has 0 aliphatic carbocycles. The van der Waals surface area contributed by atoms with E-state index in [-0.39, 0.29) is 34.0 Å². The molecule has 2 aromatic rings. The predicted molar refractivity (Wildman–Crippen MR) is 120 cm³/mol. The first kappa shape index (κ1) is 23.8. The van der Waals surface area contributed by atoms with Crippen molar-refractivity contribution < 1.29 is 19.4 Å². The summed E-state index contributed by atoms with van der Waals surface area (Å²) in [7, 11) is 0. The van der Waals surface area contributed by atoms with Gasteiger partial charge >= 0.3 is 5.97 Å². The topological polar surface area (TPSA) is 75.6 Å². The van der Waals surface area contributed by atoms with Crippen LogP contribution in [-0.4, -0.2) is 22.4 Å². The monoisotopic (exact) mass is 521 g/mol. The molecule has 0 aromatic heterocycles. The summed E-state index contributed by atoms with van der Waals surface area (Å²) < 4.78 is 6.42. The standard InChI is InChI=1S/C20H19BrCl3NO4/c1-3-11(8-18(26)27)12-6-15(23)19(16(24)7-12)29-13-4-5-17(14(21)9-13)25-20(28)10(2)22/h4-7,9-11H,3,8H2,1-2H3,(H,25,28)(H,26,27). The number of nitrogens with one attached hydrogen (secondary N) is 1. The van der Waals surface area contributed by atoms with Gasteiger partial charge in [-0.05, 0) is 71.1 Å². The highest BCUT2D eigenvalue weighted by Gasteiger charge is 2.19. The van der Waals surface area contributed by atoms with Crippen molar-refractivity contribution in [1.29, 1.82) is 0 Å². The van der Waals surface area contributed by atoms with Crippen molar-refractivity contribution in [3.63, 3.8) is 0 Å². The van der Waals surface area contributed by atoms with Gasteiger partial charge < -0.3 is 15.2 Å². The lowest BCUT2D eigenvalue weighted by Crippen LogP contribution is -2.20. The second kappa shape index (κ2) is 10.5. The van der Waals surface area contributed by atoms with Crippen molar-refractivity contribution in [2.24, 2.45) is 0 Å². The van der Waals surface area contributed by atoms with Crippen molar-refractivity contribution in [2.45, 2.75) is 38.0 Å². The zero-order valence-corrected chi connectivity index (χ0v) is 19.5. The Morgan fingerprint density at radius 2 is 1.83 bits per heavy atom. The lowest BCUT2D eigenvalue weighted by Gasteiger charge is -2.17. The zero-order chi connectivity index (χ0) is 21.7. The Bertz CT molecular complexity index is 898. The molecule has 0 saturated carbocycles. The van der Waals surface area contributed by atoms with E-state index in [4.69, 9.17) is 44.6 Å². The smallest absolute Gasteiger partial charge is 0.303 e. The third kappa shape index (κ3) is 6.51. The molecule has 0 saturated heterocycles. The minimum absolute atomic E-state index is 0.00951. The third-order valence-corrected chi connectivity index (χ3v) is 5.60. The minimum atomic E-state index is -0.884. The maximum atomic E-state index is 11.7. The number of benzene rings is 2. The fraction of sp³-hybridized carbons (Fsp3) is 0.300. The van der Waals surface area contributed by atoms with Crippen LogP contribution in [0.4, 0.5) is 5.69 Å². The van der Waals surface area contributed by atoms with Gasteiger partial charge in [-0.3, -0.25) is 9.59 Å². The molecule has 0 aliphatic rings. The Morgan fingerprint density at radius 1 is 1.21 bits per heavy atom. The van der Waals surface area contributed by atoms with Crippen LogP contribution in [0.25, 0.3) is 0 Å². The van der Waals surface area contributed by atoms with Gasteiger partial charge in [-0.25, -0.2) is 0 Å². The number of amides is 1. The molecule has 0 radical (unpaired) electrons. The van der Waals surface area contributed by atoms with Crippen LogP contribution in [0.15, 0.2) is 34.8 Å². The van der Waals surface area contributed by atoms with Gasteiger partial charge in [-0.1, -0.05) is 30.1 Å². The van der Waals surface area contributed by atoms with Gasteiger partial charge in [-0.15, -0.1) is 11.6 Å². The zero-order valence-electron chi connectivity index (χ0n) is 15.6. The lowest BCUT2D eigenvalue weighted by atomic mass is 9.93. The molecule has 5 nitrogen and oxygen atoms in total. The van der Waals surface area contributed by atoms with E-state index in [1.165, 1.54) is 0 Å². The highest BCUT2D eigenvalue weighted by Crippen LogP contribution is 2.41. The summed E-state index contributed by atoms with van der Waals surface area (Å²) in [6.45, 7) is 3.48. The number of ether oxygens (including phenoxy) is 1. The number of carbonyl (C=O) groups is 2. The third-order valence-electron chi connectivity index (χ3n) is 4.19. The summed E-state index contributed by atoms with van der Waals surface area (Å²) >= 11 is 21.9. The number of hydrogen-bond acceptors (Lipinski definition) is 3. The molecule has 2 rings (SSSR count). The van der Waals surface area contributed by atoms with E-state index in [9.17, 15) is 9.59 Å². The summed E-state index contributed by atoms with van der Waals surface area (Å²) in [5.74, 6) is -0.694. The number of anilines is 1. The first-order chi connectivity index (χ1) is 13.6. The van der Waals surface area contributed by atoms with Gasteiger partial charge in [0.1, 0.15) is 11.1 Å². The number of alkyl halides is 1. The Labute approximate surface area is 192 Å². The molecule has 2 atom stereocenters. The Morgan fingerprint density at radius 3 is 2.31 bits per heavy atom. The highest BCUT2D eigenvalue weighted by atomic mass is 79.9. The number of hydrogen-bond donors (Lipinski definition) is 2. The maximum Gasteiger partial charge on any atom is 0.303 e. The van der Waals surface area contributed by atoms with Gasteiger partial charge in [0.05, 0.1) is 22.2 Å². The fourth-order valence-electron chi connectivity index (χ4n) is 2.63. The summed E-state index contributed by atoms with van der Waals surface area (Å²) in [6, 6.07) is 8.32. The average molecular weight is 524 g/mol. The van der Waals surface area contributed by atoms with E-state index in [0.717, 1.165) is 5.56 Å². The van der Waals surface area contributed by atoms with Crippen LogP contribution < -0.4 is 10.1 Å². The fourth-order valence-corrected chi connectivity index (χ4v) is 3.72. The number of rotatable bonds is 8. The van der Waals surface area contributed by atoms with Crippen molar-refractivity contribution in [3.05, 3.63) is 50.4 Å². The molecule has 2 N–H and O–H groups in total. The number of halogens is 4. The summed E-state index contributed by atoms with van der Waals surface area (Å²) in [5.41, 5.74) is 1.29. The van der Waals surface area contributed by atoms with Gasteiger partial charge in [0.25, 0.3) is 0 Å². The molecule has 9 heteroatoms. The van der Waals surface area contributed by atoms with Crippen molar-refractivity contribution in [3.8, 4) is 11.5 Å². The van der Waals surface area contributed by atoms with Crippen LogP contribution in [0.2, 0.25) is 10.0 Å². The average Bonchev–Trinajstić information content (AvgIpc) is 2.64. The number of carbonyl (C=O) groups excluding carboxylic acids is 1. The summed E-state index contributed by atoms with van der Waals surface area (Å²) in [6.07, 6.45) is 0.630.